The first kappa shape index (κ1) is 17.2. The van der Waals surface area contributed by atoms with Gasteiger partial charge in [0.2, 0.25) is 5.91 Å². The molecule has 0 unspecified atom stereocenters. The Hall–Kier alpha value is -2.18. The predicted octanol–water partition coefficient (Wildman–Crippen LogP) is 1.66. The third kappa shape index (κ3) is 3.39. The van der Waals surface area contributed by atoms with Crippen molar-refractivity contribution in [3.05, 3.63) is 17.1 Å². The molecular formula is C19H27N5O2. The third-order valence-electron chi connectivity index (χ3n) is 5.85. The molecule has 1 saturated carbocycles. The number of piperidine rings is 1. The van der Waals surface area contributed by atoms with Gasteiger partial charge in [-0.05, 0) is 39.0 Å². The Kier molecular flexibility index (Phi) is 4.78. The molecule has 0 bridgehead atoms. The number of nitrogens with zero attached hydrogens (tertiary/aromatic N) is 3. The molecule has 1 aliphatic carbocycles. The molecule has 7 nitrogen and oxygen atoms in total. The van der Waals surface area contributed by atoms with E-state index in [1.807, 2.05) is 11.8 Å². The first-order chi connectivity index (χ1) is 12.6. The molecule has 1 aromatic rings. The molecule has 1 saturated heterocycles. The van der Waals surface area contributed by atoms with Crippen molar-refractivity contribution in [1.29, 1.82) is 0 Å². The van der Waals surface area contributed by atoms with E-state index in [0.29, 0.717) is 24.0 Å². The Bertz CT molecular complexity index is 706. The highest BCUT2D eigenvalue weighted by Crippen LogP contribution is 2.28. The lowest BCUT2D eigenvalue weighted by atomic mass is 10.00. The zero-order valence-electron chi connectivity index (χ0n) is 15.4. The summed E-state index contributed by atoms with van der Waals surface area (Å²) in [5.41, 5.74) is 1.42. The monoisotopic (exact) mass is 357 g/mol. The molecule has 3 aliphatic rings. The number of rotatable bonds is 3. The number of carbonyl (C=O) groups is 2. The molecule has 2 amide bonds. The summed E-state index contributed by atoms with van der Waals surface area (Å²) in [6.07, 6.45) is 7.10. The van der Waals surface area contributed by atoms with Crippen molar-refractivity contribution in [2.75, 3.05) is 25.0 Å². The lowest BCUT2D eigenvalue weighted by Crippen LogP contribution is -2.44. The largest absolute Gasteiger partial charge is 0.367 e. The van der Waals surface area contributed by atoms with Crippen LogP contribution < -0.4 is 10.6 Å². The SMILES string of the molecule is Cc1nc(NC2CCN(C(=O)C3CCCC3)CC2)c2c(n1)C(=O)NCC2. The van der Waals surface area contributed by atoms with Crippen molar-refractivity contribution >= 4 is 17.6 Å². The van der Waals surface area contributed by atoms with Crippen LogP contribution in [-0.2, 0) is 11.2 Å². The van der Waals surface area contributed by atoms with Crippen molar-refractivity contribution in [3.63, 3.8) is 0 Å². The summed E-state index contributed by atoms with van der Waals surface area (Å²) < 4.78 is 0. The number of aromatic nitrogens is 2. The Morgan fingerprint density at radius 1 is 1.15 bits per heavy atom. The summed E-state index contributed by atoms with van der Waals surface area (Å²) in [7, 11) is 0. The summed E-state index contributed by atoms with van der Waals surface area (Å²) in [5.74, 6) is 1.90. The molecule has 26 heavy (non-hydrogen) atoms. The van der Waals surface area contributed by atoms with Gasteiger partial charge in [-0.3, -0.25) is 9.59 Å². The molecule has 7 heteroatoms. The third-order valence-corrected chi connectivity index (χ3v) is 5.85. The molecule has 0 radical (unpaired) electrons. The van der Waals surface area contributed by atoms with E-state index in [1.54, 1.807) is 0 Å². The number of hydrogen-bond donors (Lipinski definition) is 2. The van der Waals surface area contributed by atoms with Gasteiger partial charge in [0.15, 0.2) is 0 Å². The Balaban J connectivity index is 1.40. The van der Waals surface area contributed by atoms with Gasteiger partial charge in [0.25, 0.3) is 5.91 Å². The van der Waals surface area contributed by atoms with E-state index >= 15 is 0 Å². The number of amides is 2. The van der Waals surface area contributed by atoms with Crippen molar-refractivity contribution in [2.45, 2.75) is 57.9 Å². The normalized spacial score (nSPS) is 21.4. The van der Waals surface area contributed by atoms with Crippen LogP contribution >= 0.6 is 0 Å². The fraction of sp³-hybridized carbons (Fsp3) is 0.684. The number of aryl methyl sites for hydroxylation is 1. The first-order valence-electron chi connectivity index (χ1n) is 9.83. The van der Waals surface area contributed by atoms with Crippen LogP contribution in [0.4, 0.5) is 5.82 Å². The molecule has 0 atom stereocenters. The highest BCUT2D eigenvalue weighted by Gasteiger charge is 2.31. The highest BCUT2D eigenvalue weighted by molar-refractivity contribution is 5.96. The van der Waals surface area contributed by atoms with Crippen molar-refractivity contribution < 1.29 is 9.59 Å². The van der Waals surface area contributed by atoms with E-state index in [0.717, 1.165) is 56.6 Å². The molecule has 4 rings (SSSR count). The van der Waals surface area contributed by atoms with E-state index in [1.165, 1.54) is 12.8 Å². The number of likely N-dealkylation sites (tertiary alicyclic amines) is 1. The Morgan fingerprint density at radius 3 is 2.62 bits per heavy atom. The Morgan fingerprint density at radius 2 is 1.88 bits per heavy atom. The minimum atomic E-state index is -0.114. The highest BCUT2D eigenvalue weighted by atomic mass is 16.2. The zero-order valence-corrected chi connectivity index (χ0v) is 15.4. The number of anilines is 1. The fourth-order valence-electron chi connectivity index (χ4n) is 4.39. The van der Waals surface area contributed by atoms with Crippen LogP contribution in [0.15, 0.2) is 0 Å². The van der Waals surface area contributed by atoms with E-state index in [-0.39, 0.29) is 17.9 Å². The maximum absolute atomic E-state index is 12.6. The average Bonchev–Trinajstić information content (AvgIpc) is 3.17. The molecule has 2 fully saturated rings. The number of nitrogens with one attached hydrogen (secondary N) is 2. The standard InChI is InChI=1S/C19H27N5O2/c1-12-21-16-15(6-9-20-18(16)25)17(22-12)23-14-7-10-24(11-8-14)19(26)13-4-2-3-5-13/h13-14H,2-11H2,1H3,(H,20,25)(H,21,22,23). The minimum absolute atomic E-state index is 0.114. The minimum Gasteiger partial charge on any atom is -0.367 e. The topological polar surface area (TPSA) is 87.2 Å². The summed E-state index contributed by atoms with van der Waals surface area (Å²) in [6, 6.07) is 0.283. The summed E-state index contributed by atoms with van der Waals surface area (Å²) in [4.78, 5) is 35.5. The van der Waals surface area contributed by atoms with Crippen LogP contribution in [0.5, 0.6) is 0 Å². The van der Waals surface area contributed by atoms with Gasteiger partial charge in [-0.1, -0.05) is 12.8 Å². The van der Waals surface area contributed by atoms with E-state index in [4.69, 9.17) is 0 Å². The second-order valence-corrected chi connectivity index (χ2v) is 7.68. The summed E-state index contributed by atoms with van der Waals surface area (Å²) in [5, 5.41) is 6.37. The average molecular weight is 357 g/mol. The van der Waals surface area contributed by atoms with Gasteiger partial charge < -0.3 is 15.5 Å². The fourth-order valence-corrected chi connectivity index (χ4v) is 4.39. The number of hydrogen-bond acceptors (Lipinski definition) is 5. The smallest absolute Gasteiger partial charge is 0.270 e. The van der Waals surface area contributed by atoms with Crippen LogP contribution in [0.1, 0.15) is 60.4 Å². The van der Waals surface area contributed by atoms with Crippen LogP contribution in [0, 0.1) is 12.8 Å². The lowest BCUT2D eigenvalue weighted by molar-refractivity contribution is -0.136. The molecule has 140 valence electrons. The molecule has 2 aliphatic heterocycles. The van der Waals surface area contributed by atoms with Crippen molar-refractivity contribution in [3.8, 4) is 0 Å². The number of carbonyl (C=O) groups excluding carboxylic acids is 2. The van der Waals surface area contributed by atoms with Gasteiger partial charge in [0, 0.05) is 37.2 Å². The molecule has 1 aromatic heterocycles. The predicted molar refractivity (Wildman–Crippen MR) is 98.0 cm³/mol. The molecule has 3 heterocycles. The number of fused-ring (bicyclic) bond motifs is 1. The second-order valence-electron chi connectivity index (χ2n) is 7.68. The van der Waals surface area contributed by atoms with Gasteiger partial charge in [-0.25, -0.2) is 9.97 Å². The zero-order chi connectivity index (χ0) is 18.1. The van der Waals surface area contributed by atoms with Crippen LogP contribution in [0.3, 0.4) is 0 Å². The first-order valence-corrected chi connectivity index (χ1v) is 9.83. The Labute approximate surface area is 154 Å². The van der Waals surface area contributed by atoms with Gasteiger partial charge in [0.05, 0.1) is 0 Å². The van der Waals surface area contributed by atoms with Crippen molar-refractivity contribution in [1.82, 2.24) is 20.2 Å². The van der Waals surface area contributed by atoms with Crippen LogP contribution in [0.25, 0.3) is 0 Å². The maximum atomic E-state index is 12.6. The molecule has 2 N–H and O–H groups in total. The lowest BCUT2D eigenvalue weighted by Gasteiger charge is -2.34. The van der Waals surface area contributed by atoms with Gasteiger partial charge >= 0.3 is 0 Å². The van der Waals surface area contributed by atoms with E-state index in [2.05, 4.69) is 20.6 Å². The van der Waals surface area contributed by atoms with Gasteiger partial charge in [-0.15, -0.1) is 0 Å². The van der Waals surface area contributed by atoms with Gasteiger partial charge in [-0.2, -0.15) is 0 Å². The van der Waals surface area contributed by atoms with E-state index < -0.39 is 0 Å². The van der Waals surface area contributed by atoms with Crippen LogP contribution in [-0.4, -0.2) is 52.4 Å². The molecule has 0 aromatic carbocycles. The summed E-state index contributed by atoms with van der Waals surface area (Å²) >= 11 is 0. The van der Waals surface area contributed by atoms with Crippen LogP contribution in [0.2, 0.25) is 0 Å². The second kappa shape index (κ2) is 7.21. The molecular weight excluding hydrogens is 330 g/mol. The maximum Gasteiger partial charge on any atom is 0.270 e. The van der Waals surface area contributed by atoms with E-state index in [9.17, 15) is 9.59 Å². The molecule has 0 spiro atoms. The van der Waals surface area contributed by atoms with Crippen molar-refractivity contribution in [2.24, 2.45) is 5.92 Å². The summed E-state index contributed by atoms with van der Waals surface area (Å²) in [6.45, 7) is 4.05. The quantitative estimate of drug-likeness (QED) is 0.859. The van der Waals surface area contributed by atoms with Gasteiger partial charge in [0.1, 0.15) is 17.3 Å².